The van der Waals surface area contributed by atoms with Crippen molar-refractivity contribution in [2.24, 2.45) is 0 Å². The van der Waals surface area contributed by atoms with Gasteiger partial charge in [0.1, 0.15) is 10.7 Å². The highest BCUT2D eigenvalue weighted by atomic mass is 35.5. The van der Waals surface area contributed by atoms with Crippen LogP contribution < -0.4 is 10.5 Å². The standard InChI is InChI=1S/C13H11Cl2FN2O2S/c1-7-3-2-4-11(17)13(7)21(19,20)18-12-9(14)5-8(16)6-10(12)15/h2-6,18H,17H2,1H3. The van der Waals surface area contributed by atoms with Crippen LogP contribution in [0.5, 0.6) is 0 Å². The van der Waals surface area contributed by atoms with Crippen molar-refractivity contribution in [2.75, 3.05) is 10.5 Å². The SMILES string of the molecule is Cc1cccc(N)c1S(=O)(=O)Nc1c(Cl)cc(F)cc1Cl. The van der Waals surface area contributed by atoms with Gasteiger partial charge in [-0.3, -0.25) is 4.72 Å². The second kappa shape index (κ2) is 5.71. The molecule has 2 aromatic rings. The first-order valence-electron chi connectivity index (χ1n) is 5.75. The van der Waals surface area contributed by atoms with Gasteiger partial charge in [0, 0.05) is 0 Å². The van der Waals surface area contributed by atoms with Gasteiger partial charge in [-0.25, -0.2) is 12.8 Å². The van der Waals surface area contributed by atoms with Gasteiger partial charge in [0.25, 0.3) is 10.0 Å². The van der Waals surface area contributed by atoms with Gasteiger partial charge in [0.15, 0.2) is 0 Å². The Balaban J connectivity index is 2.53. The van der Waals surface area contributed by atoms with E-state index in [1.807, 2.05) is 0 Å². The molecule has 0 spiro atoms. The van der Waals surface area contributed by atoms with E-state index in [0.717, 1.165) is 12.1 Å². The Kier molecular flexibility index (Phi) is 4.32. The average molecular weight is 349 g/mol. The Morgan fingerprint density at radius 3 is 2.29 bits per heavy atom. The van der Waals surface area contributed by atoms with Gasteiger partial charge in [-0.05, 0) is 30.7 Å². The number of hydrogen-bond donors (Lipinski definition) is 2. The molecule has 112 valence electrons. The molecular weight excluding hydrogens is 338 g/mol. The molecule has 2 rings (SSSR count). The van der Waals surface area contributed by atoms with Crippen LogP contribution in [0.4, 0.5) is 15.8 Å². The van der Waals surface area contributed by atoms with Crippen LogP contribution in [0.25, 0.3) is 0 Å². The molecule has 0 saturated heterocycles. The van der Waals surface area contributed by atoms with Crippen LogP contribution in [0.2, 0.25) is 10.0 Å². The number of nitrogens with two attached hydrogens (primary N) is 1. The molecule has 2 aromatic carbocycles. The second-order valence-electron chi connectivity index (χ2n) is 4.34. The maximum absolute atomic E-state index is 13.1. The highest BCUT2D eigenvalue weighted by Gasteiger charge is 2.22. The highest BCUT2D eigenvalue weighted by molar-refractivity contribution is 7.93. The number of nitrogens with one attached hydrogen (secondary N) is 1. The van der Waals surface area contributed by atoms with Gasteiger partial charge in [0.05, 0.1) is 21.4 Å². The number of nitrogen functional groups attached to an aromatic ring is 1. The second-order valence-corrected chi connectivity index (χ2v) is 6.78. The quantitative estimate of drug-likeness (QED) is 0.828. The van der Waals surface area contributed by atoms with E-state index in [-0.39, 0.29) is 26.3 Å². The first-order valence-corrected chi connectivity index (χ1v) is 7.99. The van der Waals surface area contributed by atoms with Crippen LogP contribution >= 0.6 is 23.2 Å². The molecule has 0 heterocycles. The molecule has 4 nitrogen and oxygen atoms in total. The zero-order chi connectivity index (χ0) is 15.8. The minimum Gasteiger partial charge on any atom is -0.398 e. The summed E-state index contributed by atoms with van der Waals surface area (Å²) in [5.74, 6) is -0.664. The van der Waals surface area contributed by atoms with Gasteiger partial charge in [-0.2, -0.15) is 0 Å². The van der Waals surface area contributed by atoms with E-state index in [1.54, 1.807) is 19.1 Å². The summed E-state index contributed by atoms with van der Waals surface area (Å²) in [7, 11) is -4.00. The van der Waals surface area contributed by atoms with Gasteiger partial charge in [-0.1, -0.05) is 35.3 Å². The maximum Gasteiger partial charge on any atom is 0.264 e. The number of rotatable bonds is 3. The van der Waals surface area contributed by atoms with E-state index in [1.165, 1.54) is 6.07 Å². The Bertz CT molecular complexity index is 767. The van der Waals surface area contributed by atoms with E-state index in [2.05, 4.69) is 4.72 Å². The fraction of sp³-hybridized carbons (Fsp3) is 0.0769. The predicted octanol–water partition coefficient (Wildman–Crippen LogP) is 3.82. The summed E-state index contributed by atoms with van der Waals surface area (Å²) in [4.78, 5) is -0.0681. The van der Waals surface area contributed by atoms with Crippen molar-refractivity contribution < 1.29 is 12.8 Å². The van der Waals surface area contributed by atoms with Crippen molar-refractivity contribution in [2.45, 2.75) is 11.8 Å². The third-order valence-corrected chi connectivity index (χ3v) is 4.92. The molecule has 0 radical (unpaired) electrons. The first kappa shape index (κ1) is 15.9. The Hall–Kier alpha value is -1.50. The summed E-state index contributed by atoms with van der Waals surface area (Å²) in [5, 5.41) is -0.286. The molecule has 0 bridgehead atoms. The summed E-state index contributed by atoms with van der Waals surface area (Å²) in [5.41, 5.74) is 6.18. The van der Waals surface area contributed by atoms with Crippen LogP contribution in [-0.2, 0) is 10.0 Å². The third-order valence-electron chi connectivity index (χ3n) is 2.75. The normalized spacial score (nSPS) is 11.4. The third kappa shape index (κ3) is 3.23. The Morgan fingerprint density at radius 1 is 1.19 bits per heavy atom. The number of anilines is 2. The van der Waals surface area contributed by atoms with E-state index >= 15 is 0 Å². The number of hydrogen-bond acceptors (Lipinski definition) is 3. The van der Waals surface area contributed by atoms with E-state index < -0.39 is 15.8 Å². The van der Waals surface area contributed by atoms with Crippen LogP contribution in [0.1, 0.15) is 5.56 Å². The maximum atomic E-state index is 13.1. The molecule has 3 N–H and O–H groups in total. The summed E-state index contributed by atoms with van der Waals surface area (Å²) in [6.07, 6.45) is 0. The molecular formula is C13H11Cl2FN2O2S. The van der Waals surface area contributed by atoms with Crippen LogP contribution in [0.3, 0.4) is 0 Å². The molecule has 0 aliphatic heterocycles. The molecule has 21 heavy (non-hydrogen) atoms. The Morgan fingerprint density at radius 2 is 1.76 bits per heavy atom. The molecule has 0 atom stereocenters. The number of sulfonamides is 1. The molecule has 0 fully saturated rings. The smallest absolute Gasteiger partial charge is 0.264 e. The largest absolute Gasteiger partial charge is 0.398 e. The van der Waals surface area contributed by atoms with Crippen LogP contribution in [-0.4, -0.2) is 8.42 Å². The molecule has 0 saturated carbocycles. The summed E-state index contributed by atoms with van der Waals surface area (Å²) in [6.45, 7) is 1.61. The summed E-state index contributed by atoms with van der Waals surface area (Å²) < 4.78 is 40.2. The van der Waals surface area contributed by atoms with Crippen LogP contribution in [0, 0.1) is 12.7 Å². The number of aryl methyl sites for hydroxylation is 1. The summed E-state index contributed by atoms with van der Waals surface area (Å²) in [6, 6.07) is 6.65. The van der Waals surface area contributed by atoms with Crippen molar-refractivity contribution >= 4 is 44.6 Å². The topological polar surface area (TPSA) is 72.2 Å². The van der Waals surface area contributed by atoms with Gasteiger partial charge >= 0.3 is 0 Å². The molecule has 0 aromatic heterocycles. The van der Waals surface area contributed by atoms with E-state index in [0.29, 0.717) is 5.56 Å². The minimum atomic E-state index is -4.00. The monoisotopic (exact) mass is 348 g/mol. The fourth-order valence-corrected chi connectivity index (χ4v) is 4.00. The predicted molar refractivity (Wildman–Crippen MR) is 82.8 cm³/mol. The fourth-order valence-electron chi connectivity index (χ4n) is 1.87. The molecule has 0 aliphatic rings. The lowest BCUT2D eigenvalue weighted by atomic mass is 10.2. The molecule has 8 heteroatoms. The van der Waals surface area contributed by atoms with Crippen molar-refractivity contribution in [1.29, 1.82) is 0 Å². The zero-order valence-corrected chi connectivity index (χ0v) is 13.2. The Labute approximate surface area is 131 Å². The van der Waals surface area contributed by atoms with Crippen molar-refractivity contribution in [3.63, 3.8) is 0 Å². The molecule has 0 unspecified atom stereocenters. The minimum absolute atomic E-state index is 0.0681. The zero-order valence-electron chi connectivity index (χ0n) is 10.8. The first-order chi connectivity index (χ1) is 9.72. The van der Waals surface area contributed by atoms with Crippen molar-refractivity contribution in [3.05, 3.63) is 51.8 Å². The average Bonchev–Trinajstić information content (AvgIpc) is 2.33. The van der Waals surface area contributed by atoms with E-state index in [9.17, 15) is 12.8 Å². The van der Waals surface area contributed by atoms with Crippen molar-refractivity contribution in [1.82, 2.24) is 0 Å². The number of benzene rings is 2. The lowest BCUT2D eigenvalue weighted by Gasteiger charge is -2.14. The lowest BCUT2D eigenvalue weighted by molar-refractivity contribution is 0.601. The number of halogens is 3. The van der Waals surface area contributed by atoms with E-state index in [4.69, 9.17) is 28.9 Å². The highest BCUT2D eigenvalue weighted by Crippen LogP contribution is 2.34. The molecule has 0 aliphatic carbocycles. The van der Waals surface area contributed by atoms with Gasteiger partial charge in [0.2, 0.25) is 0 Å². The van der Waals surface area contributed by atoms with Gasteiger partial charge < -0.3 is 5.73 Å². The summed E-state index contributed by atoms with van der Waals surface area (Å²) >= 11 is 11.7. The molecule has 0 amide bonds. The lowest BCUT2D eigenvalue weighted by Crippen LogP contribution is -2.16. The van der Waals surface area contributed by atoms with Crippen molar-refractivity contribution in [3.8, 4) is 0 Å². The van der Waals surface area contributed by atoms with Crippen LogP contribution in [0.15, 0.2) is 35.2 Å². The van der Waals surface area contributed by atoms with Gasteiger partial charge in [-0.15, -0.1) is 0 Å².